The summed E-state index contributed by atoms with van der Waals surface area (Å²) in [5, 5.41) is 8.61. The molecular weight excluding hydrogens is 300 g/mol. The number of allylic oxidation sites excluding steroid dienone is 6. The fraction of sp³-hybridized carbons (Fsp3) is 0.286. The first-order chi connectivity index (χ1) is 11.3. The molecule has 3 heteroatoms. The van der Waals surface area contributed by atoms with E-state index in [0.717, 1.165) is 28.5 Å². The molecule has 0 saturated carbocycles. The quantitative estimate of drug-likeness (QED) is 0.579. The average molecular weight is 326 g/mol. The van der Waals surface area contributed by atoms with Gasteiger partial charge in [0.15, 0.2) is 0 Å². The molecule has 1 rings (SSSR count). The summed E-state index contributed by atoms with van der Waals surface area (Å²) in [5.41, 5.74) is 6.72. The largest absolute Gasteiger partial charge is 0.496 e. The van der Waals surface area contributed by atoms with E-state index in [4.69, 9.17) is 9.84 Å². The van der Waals surface area contributed by atoms with E-state index in [1.165, 1.54) is 16.7 Å². The monoisotopic (exact) mass is 326 g/mol. The van der Waals surface area contributed by atoms with Gasteiger partial charge in [-0.15, -0.1) is 0 Å². The molecule has 0 unspecified atom stereocenters. The number of rotatable bonds is 6. The van der Waals surface area contributed by atoms with Crippen LogP contribution in [-0.4, -0.2) is 18.2 Å². The summed E-state index contributed by atoms with van der Waals surface area (Å²) in [7, 11) is 1.69. The fourth-order valence-corrected chi connectivity index (χ4v) is 2.33. The Bertz CT molecular complexity index is 732. The summed E-state index contributed by atoms with van der Waals surface area (Å²) in [5.74, 6) is -0.0256. The van der Waals surface area contributed by atoms with Crippen molar-refractivity contribution in [1.82, 2.24) is 0 Å². The Balaban J connectivity index is 3.01. The Morgan fingerprint density at radius 3 is 2.12 bits per heavy atom. The smallest absolute Gasteiger partial charge is 0.328 e. The van der Waals surface area contributed by atoms with Crippen molar-refractivity contribution in [2.45, 2.75) is 34.6 Å². The SMILES string of the molecule is COc1cc(C)c(/C=C/C(C)=C/C=C(C)/C=C/C(=O)O)c(C)c1C. The molecule has 0 aromatic heterocycles. The molecule has 0 bridgehead atoms. The lowest BCUT2D eigenvalue weighted by molar-refractivity contribution is -0.131. The lowest BCUT2D eigenvalue weighted by Gasteiger charge is -2.13. The van der Waals surface area contributed by atoms with Crippen LogP contribution in [0.4, 0.5) is 0 Å². The maximum atomic E-state index is 10.5. The third kappa shape index (κ3) is 5.58. The normalized spacial score (nSPS) is 13.1. The molecule has 0 heterocycles. The first-order valence-corrected chi connectivity index (χ1v) is 7.85. The molecule has 0 saturated heterocycles. The zero-order valence-electron chi connectivity index (χ0n) is 15.3. The zero-order chi connectivity index (χ0) is 18.3. The number of carboxylic acids is 1. The molecule has 1 N–H and O–H groups in total. The highest BCUT2D eigenvalue weighted by atomic mass is 16.5. The molecular formula is C21H26O3. The van der Waals surface area contributed by atoms with Crippen LogP contribution in [0.1, 0.15) is 36.1 Å². The summed E-state index contributed by atoms with van der Waals surface area (Å²) in [6, 6.07) is 2.06. The summed E-state index contributed by atoms with van der Waals surface area (Å²) in [6.45, 7) is 10.1. The van der Waals surface area contributed by atoms with E-state index in [1.807, 2.05) is 26.0 Å². The number of aliphatic carboxylic acids is 1. The number of ether oxygens (including phenoxy) is 1. The van der Waals surface area contributed by atoms with Crippen molar-refractivity contribution < 1.29 is 14.6 Å². The molecule has 0 aliphatic carbocycles. The zero-order valence-corrected chi connectivity index (χ0v) is 15.3. The van der Waals surface area contributed by atoms with Gasteiger partial charge in [0.25, 0.3) is 0 Å². The fourth-order valence-electron chi connectivity index (χ4n) is 2.33. The van der Waals surface area contributed by atoms with Gasteiger partial charge < -0.3 is 9.84 Å². The summed E-state index contributed by atoms with van der Waals surface area (Å²) in [6.07, 6.45) is 10.8. The Morgan fingerprint density at radius 1 is 1.00 bits per heavy atom. The van der Waals surface area contributed by atoms with E-state index in [-0.39, 0.29) is 0 Å². The molecule has 0 radical (unpaired) electrons. The molecule has 1 aromatic rings. The lowest BCUT2D eigenvalue weighted by atomic mass is 9.96. The second kappa shape index (κ2) is 8.92. The van der Waals surface area contributed by atoms with E-state index in [1.54, 1.807) is 13.2 Å². The van der Waals surface area contributed by atoms with E-state index in [2.05, 4.69) is 39.0 Å². The standard InChI is InChI=1S/C21H26O3/c1-14(7-8-15(2)10-12-21(22)23)9-11-19-16(3)13-20(24-6)18(5)17(19)4/h7-13H,1-6H3,(H,22,23)/b11-9+,12-10+,14-7+,15-8+. The minimum atomic E-state index is -0.941. The third-order valence-corrected chi connectivity index (χ3v) is 3.94. The second-order valence-corrected chi connectivity index (χ2v) is 5.89. The highest BCUT2D eigenvalue weighted by Crippen LogP contribution is 2.28. The molecule has 0 fully saturated rings. The Morgan fingerprint density at radius 2 is 1.58 bits per heavy atom. The van der Waals surface area contributed by atoms with Crippen LogP contribution < -0.4 is 4.74 Å². The van der Waals surface area contributed by atoms with E-state index < -0.39 is 5.97 Å². The van der Waals surface area contributed by atoms with Crippen molar-refractivity contribution in [1.29, 1.82) is 0 Å². The van der Waals surface area contributed by atoms with Gasteiger partial charge in [-0.05, 0) is 62.9 Å². The van der Waals surface area contributed by atoms with Crippen LogP contribution in [-0.2, 0) is 4.79 Å². The summed E-state index contributed by atoms with van der Waals surface area (Å²) in [4.78, 5) is 10.5. The van der Waals surface area contributed by atoms with Gasteiger partial charge in [0, 0.05) is 6.08 Å². The van der Waals surface area contributed by atoms with Gasteiger partial charge in [-0.2, -0.15) is 0 Å². The summed E-state index contributed by atoms with van der Waals surface area (Å²) >= 11 is 0. The van der Waals surface area contributed by atoms with Gasteiger partial charge in [0.1, 0.15) is 5.75 Å². The Kier molecular flexibility index (Phi) is 7.25. The molecule has 0 amide bonds. The molecule has 3 nitrogen and oxygen atoms in total. The Labute approximate surface area is 144 Å². The third-order valence-electron chi connectivity index (χ3n) is 3.94. The number of methoxy groups -OCH3 is 1. The van der Waals surface area contributed by atoms with Crippen LogP contribution in [0.3, 0.4) is 0 Å². The van der Waals surface area contributed by atoms with E-state index >= 15 is 0 Å². The van der Waals surface area contributed by atoms with Gasteiger partial charge >= 0.3 is 5.97 Å². The van der Waals surface area contributed by atoms with Crippen molar-refractivity contribution in [3.63, 3.8) is 0 Å². The number of hydrogen-bond donors (Lipinski definition) is 1. The highest BCUT2D eigenvalue weighted by Gasteiger charge is 2.08. The van der Waals surface area contributed by atoms with Crippen LogP contribution in [0.15, 0.2) is 47.6 Å². The molecule has 24 heavy (non-hydrogen) atoms. The topological polar surface area (TPSA) is 46.5 Å². The molecule has 0 aliphatic rings. The van der Waals surface area contributed by atoms with Crippen molar-refractivity contribution in [3.8, 4) is 5.75 Å². The minimum absolute atomic E-state index is 0.887. The maximum absolute atomic E-state index is 10.5. The van der Waals surface area contributed by atoms with Gasteiger partial charge in [-0.3, -0.25) is 0 Å². The van der Waals surface area contributed by atoms with E-state index in [0.29, 0.717) is 0 Å². The number of carboxylic acid groups (broad SMARTS) is 1. The van der Waals surface area contributed by atoms with Crippen LogP contribution in [0.5, 0.6) is 5.75 Å². The van der Waals surface area contributed by atoms with Crippen LogP contribution in [0.25, 0.3) is 6.08 Å². The molecule has 0 spiro atoms. The van der Waals surface area contributed by atoms with Gasteiger partial charge in [0.2, 0.25) is 0 Å². The first-order valence-electron chi connectivity index (χ1n) is 7.85. The molecule has 1 aromatic carbocycles. The number of benzene rings is 1. The predicted molar refractivity (Wildman–Crippen MR) is 101 cm³/mol. The van der Waals surface area contributed by atoms with Crippen molar-refractivity contribution >= 4 is 12.0 Å². The van der Waals surface area contributed by atoms with Gasteiger partial charge in [0.05, 0.1) is 7.11 Å². The number of hydrogen-bond acceptors (Lipinski definition) is 2. The highest BCUT2D eigenvalue weighted by molar-refractivity contribution is 5.80. The average Bonchev–Trinajstić information content (AvgIpc) is 2.54. The molecule has 0 atom stereocenters. The number of aryl methyl sites for hydroxylation is 1. The lowest BCUT2D eigenvalue weighted by Crippen LogP contribution is -1.95. The van der Waals surface area contributed by atoms with Crippen molar-refractivity contribution in [3.05, 3.63) is 69.8 Å². The van der Waals surface area contributed by atoms with Gasteiger partial charge in [-0.1, -0.05) is 41.5 Å². The molecule has 0 aliphatic heterocycles. The van der Waals surface area contributed by atoms with Crippen molar-refractivity contribution in [2.75, 3.05) is 7.11 Å². The Hall–Kier alpha value is -2.55. The van der Waals surface area contributed by atoms with Gasteiger partial charge in [-0.25, -0.2) is 4.79 Å². The van der Waals surface area contributed by atoms with Crippen LogP contribution in [0, 0.1) is 20.8 Å². The first kappa shape index (κ1) is 19.5. The van der Waals surface area contributed by atoms with Crippen LogP contribution >= 0.6 is 0 Å². The minimum Gasteiger partial charge on any atom is -0.496 e. The second-order valence-electron chi connectivity index (χ2n) is 5.89. The van der Waals surface area contributed by atoms with Crippen molar-refractivity contribution in [2.24, 2.45) is 0 Å². The summed E-state index contributed by atoms with van der Waals surface area (Å²) < 4.78 is 5.40. The number of carbonyl (C=O) groups is 1. The van der Waals surface area contributed by atoms with Crippen LogP contribution in [0.2, 0.25) is 0 Å². The van der Waals surface area contributed by atoms with E-state index in [9.17, 15) is 4.79 Å². The maximum Gasteiger partial charge on any atom is 0.328 e. The predicted octanol–water partition coefficient (Wildman–Crippen LogP) is 5.17. The molecule has 128 valence electrons.